The van der Waals surface area contributed by atoms with E-state index in [4.69, 9.17) is 21.1 Å². The molecule has 1 unspecified atom stereocenters. The maximum absolute atomic E-state index is 11.4. The molecule has 0 saturated heterocycles. The van der Waals surface area contributed by atoms with Crippen LogP contribution in [0.4, 0.5) is 5.69 Å². The zero-order valence-corrected chi connectivity index (χ0v) is 17.8. The molecule has 1 fully saturated rings. The Balaban J connectivity index is 1.86. The molecule has 1 aromatic carbocycles. The van der Waals surface area contributed by atoms with E-state index in [1.165, 1.54) is 24.6 Å². The van der Waals surface area contributed by atoms with E-state index in [1.54, 1.807) is 12.3 Å². The lowest BCUT2D eigenvalue weighted by atomic mass is 10.3. The van der Waals surface area contributed by atoms with Crippen molar-refractivity contribution in [2.24, 2.45) is 0 Å². The van der Waals surface area contributed by atoms with Crippen molar-refractivity contribution >= 4 is 40.0 Å². The van der Waals surface area contributed by atoms with Gasteiger partial charge < -0.3 is 14.2 Å². The van der Waals surface area contributed by atoms with Crippen LogP contribution in [0, 0.1) is 0 Å². The largest absolute Gasteiger partial charge is 0.494 e. The Bertz CT molecular complexity index is 814. The Morgan fingerprint density at radius 1 is 1.30 bits per heavy atom. The predicted octanol–water partition coefficient (Wildman–Crippen LogP) is 5.31. The van der Waals surface area contributed by atoms with Crippen LogP contribution < -0.4 is 14.2 Å². The minimum atomic E-state index is -1.18. The number of rotatable bonds is 8. The zero-order valence-electron chi connectivity index (χ0n) is 15.4. The summed E-state index contributed by atoms with van der Waals surface area (Å²) in [6, 6.07) is 9.33. The minimum Gasteiger partial charge on any atom is -0.494 e. The number of pyridine rings is 1. The van der Waals surface area contributed by atoms with Gasteiger partial charge in [-0.05, 0) is 56.9 Å². The topological polar surface area (TPSA) is 60.5 Å². The van der Waals surface area contributed by atoms with Crippen LogP contribution >= 0.6 is 23.4 Å². The van der Waals surface area contributed by atoms with Gasteiger partial charge in [0.1, 0.15) is 32.7 Å². The SMILES string of the molecule is CCOc1ccc(Sc2cc(NS(C)=O)cc(Cl)n2)c(OC2CCCC2)c1. The van der Waals surface area contributed by atoms with Crippen molar-refractivity contribution in [3.05, 3.63) is 35.5 Å². The number of hydrogen-bond acceptors (Lipinski definition) is 5. The number of nitrogens with one attached hydrogen (secondary N) is 1. The number of hydrogen-bond donors (Lipinski definition) is 1. The van der Waals surface area contributed by atoms with E-state index >= 15 is 0 Å². The summed E-state index contributed by atoms with van der Waals surface area (Å²) in [5.74, 6) is 1.59. The number of halogens is 1. The van der Waals surface area contributed by atoms with Crippen molar-refractivity contribution in [1.82, 2.24) is 4.98 Å². The van der Waals surface area contributed by atoms with E-state index in [1.807, 2.05) is 31.2 Å². The molecule has 0 bridgehead atoms. The molecule has 8 heteroatoms. The molecule has 0 radical (unpaired) electrons. The third-order valence-corrected chi connectivity index (χ3v) is 5.76. The van der Waals surface area contributed by atoms with Gasteiger partial charge in [0.15, 0.2) is 0 Å². The first-order valence-corrected chi connectivity index (χ1v) is 11.7. The maximum Gasteiger partial charge on any atom is 0.137 e. The highest BCUT2D eigenvalue weighted by Gasteiger charge is 2.19. The zero-order chi connectivity index (χ0) is 19.2. The summed E-state index contributed by atoms with van der Waals surface area (Å²) in [7, 11) is -1.18. The fourth-order valence-electron chi connectivity index (χ4n) is 2.97. The van der Waals surface area contributed by atoms with Crippen molar-refractivity contribution in [3.63, 3.8) is 0 Å². The van der Waals surface area contributed by atoms with Gasteiger partial charge in [-0.25, -0.2) is 9.19 Å². The third-order valence-electron chi connectivity index (χ3n) is 4.07. The average molecular weight is 427 g/mol. The van der Waals surface area contributed by atoms with Gasteiger partial charge in [0, 0.05) is 12.3 Å². The predicted molar refractivity (Wildman–Crippen MR) is 112 cm³/mol. The summed E-state index contributed by atoms with van der Waals surface area (Å²) in [5, 5.41) is 1.05. The van der Waals surface area contributed by atoms with Crippen molar-refractivity contribution in [2.45, 2.75) is 48.6 Å². The van der Waals surface area contributed by atoms with Gasteiger partial charge in [0.05, 0.1) is 23.3 Å². The summed E-state index contributed by atoms with van der Waals surface area (Å²) in [6.45, 7) is 2.57. The summed E-state index contributed by atoms with van der Waals surface area (Å²) in [5.41, 5.74) is 0.669. The first kappa shape index (κ1) is 20.3. The molecule has 146 valence electrons. The van der Waals surface area contributed by atoms with E-state index in [9.17, 15) is 4.21 Å². The maximum atomic E-state index is 11.4. The molecule has 3 rings (SSSR count). The van der Waals surface area contributed by atoms with Crippen molar-refractivity contribution in [1.29, 1.82) is 0 Å². The van der Waals surface area contributed by atoms with Crippen LogP contribution in [-0.2, 0) is 11.0 Å². The number of nitrogens with zero attached hydrogens (tertiary/aromatic N) is 1. The molecule has 1 aromatic heterocycles. The van der Waals surface area contributed by atoms with E-state index < -0.39 is 11.0 Å². The van der Waals surface area contributed by atoms with Crippen LogP contribution in [0.2, 0.25) is 5.15 Å². The average Bonchev–Trinajstić information content (AvgIpc) is 3.09. The van der Waals surface area contributed by atoms with Crippen LogP contribution in [0.5, 0.6) is 11.5 Å². The lowest BCUT2D eigenvalue weighted by Gasteiger charge is -2.17. The highest BCUT2D eigenvalue weighted by Crippen LogP contribution is 2.39. The molecule has 0 spiro atoms. The monoisotopic (exact) mass is 426 g/mol. The molecular weight excluding hydrogens is 404 g/mol. The molecule has 0 amide bonds. The summed E-state index contributed by atoms with van der Waals surface area (Å²) in [4.78, 5) is 5.32. The van der Waals surface area contributed by atoms with Gasteiger partial charge in [-0.3, -0.25) is 0 Å². The second-order valence-electron chi connectivity index (χ2n) is 6.24. The molecule has 2 aromatic rings. The third kappa shape index (κ3) is 6.02. The van der Waals surface area contributed by atoms with Gasteiger partial charge in [-0.15, -0.1) is 0 Å². The van der Waals surface area contributed by atoms with Crippen LogP contribution in [0.15, 0.2) is 40.3 Å². The fourth-order valence-corrected chi connectivity index (χ4v) is 4.58. The van der Waals surface area contributed by atoms with E-state index in [-0.39, 0.29) is 6.10 Å². The van der Waals surface area contributed by atoms with E-state index in [0.717, 1.165) is 29.2 Å². The molecular formula is C19H23ClN2O3S2. The van der Waals surface area contributed by atoms with Crippen LogP contribution in [0.1, 0.15) is 32.6 Å². The normalized spacial score (nSPS) is 15.5. The number of aromatic nitrogens is 1. The van der Waals surface area contributed by atoms with Gasteiger partial charge in [0.25, 0.3) is 0 Å². The molecule has 1 atom stereocenters. The van der Waals surface area contributed by atoms with Gasteiger partial charge in [-0.2, -0.15) is 0 Å². The lowest BCUT2D eigenvalue weighted by Crippen LogP contribution is -2.11. The molecule has 1 aliphatic carbocycles. The number of ether oxygens (including phenoxy) is 2. The van der Waals surface area contributed by atoms with E-state index in [0.29, 0.717) is 22.5 Å². The summed E-state index contributed by atoms with van der Waals surface area (Å²) >= 11 is 7.59. The number of anilines is 1. The molecule has 0 aliphatic heterocycles. The highest BCUT2D eigenvalue weighted by atomic mass is 35.5. The lowest BCUT2D eigenvalue weighted by molar-refractivity contribution is 0.203. The van der Waals surface area contributed by atoms with Crippen molar-refractivity contribution < 1.29 is 13.7 Å². The molecule has 1 saturated carbocycles. The molecule has 1 aliphatic rings. The molecule has 27 heavy (non-hydrogen) atoms. The fraction of sp³-hybridized carbons (Fsp3) is 0.421. The highest BCUT2D eigenvalue weighted by molar-refractivity contribution is 7.99. The molecule has 5 nitrogen and oxygen atoms in total. The smallest absolute Gasteiger partial charge is 0.137 e. The van der Waals surface area contributed by atoms with Gasteiger partial charge >= 0.3 is 0 Å². The minimum absolute atomic E-state index is 0.244. The Morgan fingerprint density at radius 2 is 2.07 bits per heavy atom. The van der Waals surface area contributed by atoms with Gasteiger partial charge in [-0.1, -0.05) is 23.4 Å². The first-order valence-electron chi connectivity index (χ1n) is 8.92. The van der Waals surface area contributed by atoms with Crippen molar-refractivity contribution in [2.75, 3.05) is 17.6 Å². The van der Waals surface area contributed by atoms with E-state index in [2.05, 4.69) is 9.71 Å². The van der Waals surface area contributed by atoms with Crippen LogP contribution in [0.25, 0.3) is 0 Å². The Morgan fingerprint density at radius 3 is 2.78 bits per heavy atom. The Hall–Kier alpha value is -1.44. The summed E-state index contributed by atoms with van der Waals surface area (Å²) < 4.78 is 26.2. The van der Waals surface area contributed by atoms with Crippen LogP contribution in [-0.4, -0.2) is 28.2 Å². The molecule has 1 N–H and O–H groups in total. The Kier molecular flexibility index (Phi) is 7.26. The van der Waals surface area contributed by atoms with Crippen LogP contribution in [0.3, 0.4) is 0 Å². The number of benzene rings is 1. The second kappa shape index (κ2) is 9.66. The van der Waals surface area contributed by atoms with Gasteiger partial charge in [0.2, 0.25) is 0 Å². The van der Waals surface area contributed by atoms with Crippen molar-refractivity contribution in [3.8, 4) is 11.5 Å². The second-order valence-corrected chi connectivity index (χ2v) is 8.80. The quantitative estimate of drug-likeness (QED) is 0.579. The molecule has 1 heterocycles. The first-order chi connectivity index (χ1) is 13.0. The Labute approximate surface area is 171 Å². The summed E-state index contributed by atoms with van der Waals surface area (Å²) in [6.07, 6.45) is 6.38. The standard InChI is InChI=1S/C19H23ClN2O3S2/c1-3-24-15-8-9-17(16(12-15)25-14-6-4-5-7-14)26-19-11-13(22-27(2)23)10-18(20)21-19/h8-12,14H,3-7H2,1-2H3,(H,21,22).